The number of sulfonamides is 1. The van der Waals surface area contributed by atoms with Crippen molar-refractivity contribution in [2.24, 2.45) is 29.6 Å². The van der Waals surface area contributed by atoms with Crippen LogP contribution in [0.3, 0.4) is 0 Å². The lowest BCUT2D eigenvalue weighted by Gasteiger charge is -2.54. The molecule has 6 aliphatic rings. The summed E-state index contributed by atoms with van der Waals surface area (Å²) in [6, 6.07) is 32.6. The van der Waals surface area contributed by atoms with E-state index >= 15 is 0 Å². The summed E-state index contributed by atoms with van der Waals surface area (Å²) in [5, 5.41) is 24.4. The number of urea groups is 1. The molecule has 0 atom stereocenters. The Bertz CT molecular complexity index is 7620. The highest BCUT2D eigenvalue weighted by Crippen LogP contribution is 2.57. The molecule has 0 unspecified atom stereocenters. The summed E-state index contributed by atoms with van der Waals surface area (Å²) in [6.45, 7) is 15.7. The fraction of sp³-hybridized carbons (Fsp3) is 0.302. The van der Waals surface area contributed by atoms with Crippen LogP contribution in [-0.2, 0) is 45.0 Å². The molecule has 4 aliphatic carbocycles. The third-order valence-corrected chi connectivity index (χ3v) is 31.5. The smallest absolute Gasteiger partial charge is 0.323 e. The molecule has 148 heavy (non-hydrogen) atoms. The lowest BCUT2D eigenvalue weighted by Crippen LogP contribution is -2.47. The summed E-state index contributed by atoms with van der Waals surface area (Å²) in [5.74, 6) is 3.51. The number of benzene rings is 2. The number of carbonyl (C=O) groups is 4. The first-order valence-electron chi connectivity index (χ1n) is 47.8. The summed E-state index contributed by atoms with van der Waals surface area (Å²) in [5.41, 5.74) is 12.4. The first kappa shape index (κ1) is 107. The number of nitrogens with one attached hydrogen (secondary N) is 5. The van der Waals surface area contributed by atoms with Crippen LogP contribution in [0.5, 0.6) is 0 Å². The first-order valence-corrected chi connectivity index (χ1v) is 52.9. The summed E-state index contributed by atoms with van der Waals surface area (Å²) in [6.07, 6.45) is 31.6. The molecule has 768 valence electrons. The zero-order valence-electron chi connectivity index (χ0n) is 82.8. The number of anilines is 9. The van der Waals surface area contributed by atoms with Crippen LogP contribution in [0.25, 0.3) is 55.6 Å². The van der Waals surface area contributed by atoms with Gasteiger partial charge in [0.05, 0.1) is 57.9 Å². The maximum Gasteiger partial charge on any atom is 0.323 e. The molecule has 34 nitrogen and oxygen atoms in total. The Morgan fingerprint density at radius 3 is 1.41 bits per heavy atom. The number of aromatic nitrogens is 14. The lowest BCUT2D eigenvalue weighted by molar-refractivity contribution is -0.115. The number of halogens is 5. The van der Waals surface area contributed by atoms with E-state index in [9.17, 15) is 67.1 Å². The second-order valence-electron chi connectivity index (χ2n) is 36.8. The minimum atomic E-state index is -4.49. The van der Waals surface area contributed by atoms with Gasteiger partial charge >= 0.3 is 6.03 Å². The first-order chi connectivity index (χ1) is 70.8. The van der Waals surface area contributed by atoms with Crippen molar-refractivity contribution in [2.45, 2.75) is 134 Å². The number of aliphatic hydroxyl groups is 1. The lowest BCUT2D eigenvalue weighted by atomic mass is 9.52. The Balaban J connectivity index is 0.000000139. The molecule has 14 aromatic rings. The molecule has 0 radical (unpaired) electrons. The highest BCUT2D eigenvalue weighted by Gasteiger charge is 2.49. The molecule has 4 bridgehead atoms. The Hall–Kier alpha value is -15.2. The van der Waals surface area contributed by atoms with E-state index in [2.05, 4.69) is 96.4 Å². The second-order valence-corrected chi connectivity index (χ2v) is 43.0. The van der Waals surface area contributed by atoms with Gasteiger partial charge in [-0.25, -0.2) is 97.4 Å². The Kier molecular flexibility index (Phi) is 34.4. The maximum atomic E-state index is 14.3. The van der Waals surface area contributed by atoms with Gasteiger partial charge in [-0.05, 0) is 289 Å². The molecule has 12 aromatic heterocycles. The zero-order chi connectivity index (χ0) is 105. The number of nitrogens with zero attached hydrogens (tertiary/aromatic N) is 18. The Morgan fingerprint density at radius 2 is 0.899 bits per heavy atom. The van der Waals surface area contributed by atoms with Crippen LogP contribution in [0.15, 0.2) is 229 Å². The van der Waals surface area contributed by atoms with E-state index in [0.29, 0.717) is 151 Å². The van der Waals surface area contributed by atoms with Gasteiger partial charge in [0.15, 0.2) is 24.8 Å². The molecular formula is C106H110ClF4N23O11S3. The highest BCUT2D eigenvalue weighted by atomic mass is 35.5. The number of hydrogen-bond acceptors (Lipinski definition) is 28. The van der Waals surface area contributed by atoms with E-state index in [1.807, 2.05) is 81.9 Å². The number of hydrogen-bond donors (Lipinski definition) is 6. The van der Waals surface area contributed by atoms with Crippen molar-refractivity contribution in [3.8, 4) is 55.6 Å². The number of pyridine rings is 10. The van der Waals surface area contributed by atoms with Crippen LogP contribution < -0.4 is 35.8 Å². The molecule has 0 spiro atoms. The average molecular weight is 2090 g/mol. The monoisotopic (exact) mass is 2090 g/mol. The molecule has 2 aliphatic heterocycles. The van der Waals surface area contributed by atoms with Crippen molar-refractivity contribution in [2.75, 3.05) is 95.0 Å². The standard InChI is InChI=1S/C23H22F2N4O3S.C23H27N3O3S.C21H20F2N4O4S.C21H22N6O.C18H19ClN6/c1-15-18(14-33(31,32)21-5-4-19(24)12-20(21)25)10-17(13-27-15)16-6-7-26-22(11-16)28-23(30)29-8-2-3-9-29;1-14(27)26-23-10-17(2-3-25-23)20-9-21(12-24-11-20)30(28,29)13-22-18-5-15-4-16(7-18)8-19(22)6-15;1-13-19(9-16(12-25-13)15-5-6-24-21(10-15)26-14(2)29)27(7-8-28)32(30,31)20-4-3-17(22)11-18(20)23;1-14-18(21(28)27-9-3-4-10-27)11-17(13-24-14)16-5-7-23-20(12-16)26-19-6-8-22-15(2)25-19;1-11-14(10-22-18(19)17(11)25(3)4)13-5-7-21-16(9-13)24-15-6-8-20-12(2)23-15/h4-7,10-13H,2-3,8-9,14H2,1H3,(H,26,28,30);2-3,9-12,15-16,18-19,22H,4-8,13H2,1H3,(H,25,26,27);3-6,9-12,28H,7-8H2,1-2H3,(H,24,26,29);5-8,11-13H,3-4,9-10H2,1-2H3,(H,22,23,25,26);5-10H,1-4H3,(H,20,21,23,24). The largest absolute Gasteiger partial charge is 0.394 e. The number of rotatable bonds is 25. The predicted molar refractivity (Wildman–Crippen MR) is 557 cm³/mol. The van der Waals surface area contributed by atoms with Crippen LogP contribution in [0, 0.1) is 94.4 Å². The number of aliphatic hydroxyl groups excluding tert-OH is 1. The third kappa shape index (κ3) is 27.0. The van der Waals surface area contributed by atoms with Gasteiger partial charge in [-0.1, -0.05) is 11.6 Å². The van der Waals surface area contributed by atoms with E-state index in [1.165, 1.54) is 70.6 Å². The van der Waals surface area contributed by atoms with Gasteiger partial charge in [0.1, 0.15) is 85.4 Å². The molecule has 14 heterocycles. The van der Waals surface area contributed by atoms with Gasteiger partial charge in [-0.2, -0.15) is 0 Å². The van der Waals surface area contributed by atoms with Gasteiger partial charge in [0, 0.05) is 180 Å². The van der Waals surface area contributed by atoms with Crippen molar-refractivity contribution in [3.63, 3.8) is 0 Å². The minimum Gasteiger partial charge on any atom is -0.394 e. The topological polar surface area (TPSA) is 444 Å². The van der Waals surface area contributed by atoms with E-state index in [-0.39, 0.29) is 46.6 Å². The molecule has 20 rings (SSSR count). The van der Waals surface area contributed by atoms with Crippen molar-refractivity contribution < 1.29 is 67.1 Å². The van der Waals surface area contributed by atoms with E-state index in [1.54, 1.807) is 141 Å². The van der Waals surface area contributed by atoms with Crippen LogP contribution in [0.1, 0.15) is 122 Å². The van der Waals surface area contributed by atoms with E-state index in [0.717, 1.165) is 124 Å². The van der Waals surface area contributed by atoms with E-state index in [4.69, 9.17) is 11.6 Å². The molecular weight excluding hydrogens is 1980 g/mol. The number of likely N-dealkylation sites (tertiary alicyclic amines) is 2. The third-order valence-electron chi connectivity index (χ3n) is 25.9. The summed E-state index contributed by atoms with van der Waals surface area (Å²) in [7, 11) is -8.06. The van der Waals surface area contributed by atoms with Crippen LogP contribution >= 0.6 is 11.6 Å². The molecule has 6 N–H and O–H groups in total. The zero-order valence-corrected chi connectivity index (χ0v) is 86.0. The maximum absolute atomic E-state index is 14.3. The molecule has 2 aromatic carbocycles. The Labute approximate surface area is 860 Å². The fourth-order valence-electron chi connectivity index (χ4n) is 19.0. The van der Waals surface area contributed by atoms with Crippen LogP contribution in [0.4, 0.5) is 74.5 Å². The van der Waals surface area contributed by atoms with Crippen LogP contribution in [-0.4, -0.2) is 193 Å². The molecule has 2 saturated heterocycles. The Morgan fingerprint density at radius 1 is 0.446 bits per heavy atom. The number of aryl methyl sites for hydroxylation is 5. The summed E-state index contributed by atoms with van der Waals surface area (Å²) < 4.78 is 134. The predicted octanol–water partition coefficient (Wildman–Crippen LogP) is 18.7. The van der Waals surface area contributed by atoms with Crippen molar-refractivity contribution >= 4 is 117 Å². The van der Waals surface area contributed by atoms with Crippen LogP contribution in [0.2, 0.25) is 5.15 Å². The average Bonchev–Trinajstić information content (AvgIpc) is 0.775. The number of sulfone groups is 2. The second kappa shape index (κ2) is 47.5. The minimum absolute atomic E-state index is 0.0632. The molecule has 4 saturated carbocycles. The number of carbonyl (C=O) groups excluding carboxylic acids is 4. The summed E-state index contributed by atoms with van der Waals surface area (Å²) >= 11 is 6.25. The van der Waals surface area contributed by atoms with Crippen molar-refractivity contribution in [3.05, 3.63) is 288 Å². The van der Waals surface area contributed by atoms with Crippen molar-refractivity contribution in [1.82, 2.24) is 79.6 Å². The number of amides is 5. The van der Waals surface area contributed by atoms with Gasteiger partial charge < -0.3 is 41.1 Å². The summed E-state index contributed by atoms with van der Waals surface area (Å²) in [4.78, 5) is 112. The van der Waals surface area contributed by atoms with Crippen molar-refractivity contribution in [1.29, 1.82) is 0 Å². The normalized spacial score (nSPS) is 15.9. The highest BCUT2D eigenvalue weighted by molar-refractivity contribution is 7.93. The van der Waals surface area contributed by atoms with Gasteiger partial charge in [0.25, 0.3) is 15.9 Å². The molecule has 6 fully saturated rings. The van der Waals surface area contributed by atoms with E-state index < -0.39 is 75.1 Å². The van der Waals surface area contributed by atoms with Gasteiger partial charge in [-0.15, -0.1) is 0 Å². The fourth-order valence-corrected chi connectivity index (χ4v) is 24.2. The van der Waals surface area contributed by atoms with Gasteiger partial charge in [0.2, 0.25) is 11.8 Å². The SMILES string of the molecule is CC(=O)Nc1cc(-c2cnc(C)c(N(CCO)S(=O)(=O)c3ccc(F)cc3F)c2)ccn1.CC(=O)Nc1cc(-c2cncc(S(=O)(=O)CC3C4CC5CC(C4)CC3C5)c2)ccn1.Cc1ncc(-c2ccnc(NC(=O)N3CCCC3)c2)cc1CS(=O)(=O)c1ccc(F)cc1F.Cc1nccc(Nc2cc(-c3cnc(C)c(C(=O)N4CCCC4)c3)ccn2)n1.Cc1nccc(Nc2cc(-c3cnc(Cl)c(N(C)C)c3C)ccn2)n1. The molecule has 5 amide bonds. The van der Waals surface area contributed by atoms with Gasteiger partial charge in [-0.3, -0.25) is 43.9 Å². The molecule has 42 heteroatoms. The quantitative estimate of drug-likeness (QED) is 0.0176.